The van der Waals surface area contributed by atoms with Gasteiger partial charge in [0.2, 0.25) is 0 Å². The number of hydrogen-bond acceptors (Lipinski definition) is 12. The molecule has 2 saturated heterocycles. The Hall–Kier alpha value is -0.480. The van der Waals surface area contributed by atoms with Gasteiger partial charge in [0.05, 0.1) is 6.61 Å². The first kappa shape index (κ1) is 19.8. The van der Waals surface area contributed by atoms with Gasteiger partial charge >= 0.3 is 0 Å². The topological polar surface area (TPSA) is 221 Å². The molecule has 2 aliphatic heterocycles. The van der Waals surface area contributed by atoms with Gasteiger partial charge in [-0.3, -0.25) is 0 Å². The van der Waals surface area contributed by atoms with E-state index in [-0.39, 0.29) is 0 Å². The van der Waals surface area contributed by atoms with Crippen LogP contribution in [0.3, 0.4) is 0 Å². The maximum Gasteiger partial charge on any atom is 0.184 e. The number of ether oxygens (including phenoxy) is 2. The van der Waals surface area contributed by atoms with Crippen LogP contribution in [0.15, 0.2) is 0 Å². The lowest BCUT2D eigenvalue weighted by atomic mass is 9.75. The predicted octanol–water partition coefficient (Wildman–Crippen LogP) is -6.69. The fourth-order valence-electron chi connectivity index (χ4n) is 2.94. The minimum absolute atomic E-state index is 1.01. The summed E-state index contributed by atoms with van der Waals surface area (Å²) in [5, 5.41) is 97.7. The number of hydrogen-bond donors (Lipinski definition) is 10. The lowest BCUT2D eigenvalue weighted by Crippen LogP contribution is -2.75. The molecular weight excluding hydrogens is 336 g/mol. The molecule has 0 aliphatic carbocycles. The predicted molar refractivity (Wildman–Crippen MR) is 69.8 cm³/mol. The van der Waals surface area contributed by atoms with E-state index in [1.54, 1.807) is 0 Å². The van der Waals surface area contributed by atoms with E-state index in [2.05, 4.69) is 0 Å². The molecule has 0 aromatic heterocycles. The molecule has 2 heterocycles. The molecule has 1 unspecified atom stereocenters. The van der Waals surface area contributed by atoms with E-state index in [0.29, 0.717) is 0 Å². The molecule has 2 aliphatic rings. The molecule has 0 saturated carbocycles. The van der Waals surface area contributed by atoms with Crippen LogP contribution >= 0.6 is 0 Å². The molecule has 0 aromatic carbocycles. The fraction of sp³-hybridized carbons (Fsp3) is 1.00. The molecular formula is C12H22O12. The average Bonchev–Trinajstić information content (AvgIpc) is 2.56. The Labute approximate surface area is 135 Å². The third kappa shape index (κ3) is 2.94. The van der Waals surface area contributed by atoms with Gasteiger partial charge in [-0.1, -0.05) is 0 Å². The highest BCUT2D eigenvalue weighted by Gasteiger charge is 2.62. The van der Waals surface area contributed by atoms with Crippen molar-refractivity contribution in [2.24, 2.45) is 0 Å². The summed E-state index contributed by atoms with van der Waals surface area (Å²) >= 11 is 0. The van der Waals surface area contributed by atoms with Crippen LogP contribution in [0.2, 0.25) is 0 Å². The summed E-state index contributed by atoms with van der Waals surface area (Å²) in [5.41, 5.74) is -2.85. The van der Waals surface area contributed by atoms with Crippen molar-refractivity contribution < 1.29 is 60.5 Å². The molecule has 10 N–H and O–H groups in total. The second kappa shape index (κ2) is 7.03. The van der Waals surface area contributed by atoms with E-state index in [9.17, 15) is 51.1 Å². The van der Waals surface area contributed by atoms with Crippen LogP contribution in [0, 0.1) is 0 Å². The maximum atomic E-state index is 10.6. The van der Waals surface area contributed by atoms with Crippen LogP contribution in [-0.2, 0) is 9.47 Å². The minimum Gasteiger partial charge on any atom is -0.394 e. The molecule has 0 radical (unpaired) electrons. The van der Waals surface area contributed by atoms with Crippen molar-refractivity contribution in [1.82, 2.24) is 0 Å². The van der Waals surface area contributed by atoms with Gasteiger partial charge in [0.15, 0.2) is 12.6 Å². The van der Waals surface area contributed by atoms with Gasteiger partial charge in [0.1, 0.15) is 54.4 Å². The highest BCUT2D eigenvalue weighted by molar-refractivity contribution is 5.10. The van der Waals surface area contributed by atoms with Crippen molar-refractivity contribution in [2.75, 3.05) is 6.61 Å². The Kier molecular flexibility index (Phi) is 5.81. The normalized spacial score (nSPS) is 54.5. The molecule has 12 heteroatoms. The first-order valence-corrected chi connectivity index (χ1v) is 7.16. The number of aliphatic hydroxyl groups is 10. The fourth-order valence-corrected chi connectivity index (χ4v) is 2.94. The molecule has 0 amide bonds. The van der Waals surface area contributed by atoms with Gasteiger partial charge in [0.25, 0.3) is 0 Å². The average molecular weight is 358 g/mol. The molecule has 0 spiro atoms. The maximum absolute atomic E-state index is 10.6. The Bertz CT molecular complexity index is 432. The summed E-state index contributed by atoms with van der Waals surface area (Å²) in [7, 11) is 0. The minimum atomic E-state index is -2.85. The molecule has 2 rings (SSSR count). The molecule has 0 bridgehead atoms. The van der Waals surface area contributed by atoms with Gasteiger partial charge in [-0.15, -0.1) is 0 Å². The van der Waals surface area contributed by atoms with Crippen molar-refractivity contribution in [3.05, 3.63) is 0 Å². The van der Waals surface area contributed by atoms with E-state index in [1.165, 1.54) is 0 Å². The van der Waals surface area contributed by atoms with Gasteiger partial charge < -0.3 is 60.5 Å². The molecule has 142 valence electrons. The highest BCUT2D eigenvalue weighted by atomic mass is 16.7. The second-order valence-corrected chi connectivity index (χ2v) is 5.93. The largest absolute Gasteiger partial charge is 0.394 e. The molecule has 12 nitrogen and oxygen atoms in total. The summed E-state index contributed by atoms with van der Waals surface area (Å²) in [6.45, 7) is -1.01. The molecule has 11 atom stereocenters. The molecule has 2 fully saturated rings. The summed E-state index contributed by atoms with van der Waals surface area (Å²) in [6.07, 6.45) is -20.2. The smallest absolute Gasteiger partial charge is 0.184 e. The second-order valence-electron chi connectivity index (χ2n) is 5.93. The number of rotatable bonds is 3. The van der Waals surface area contributed by atoms with Gasteiger partial charge in [-0.25, -0.2) is 0 Å². The zero-order valence-electron chi connectivity index (χ0n) is 12.3. The zero-order chi connectivity index (χ0) is 18.4. The lowest BCUT2D eigenvalue weighted by molar-refractivity contribution is -0.364. The van der Waals surface area contributed by atoms with Crippen LogP contribution in [-0.4, -0.2) is 125 Å². The summed E-state index contributed by atoms with van der Waals surface area (Å²) in [5.74, 6) is 0. The first-order valence-electron chi connectivity index (χ1n) is 7.16. The quantitative estimate of drug-likeness (QED) is 0.227. The summed E-state index contributed by atoms with van der Waals surface area (Å²) < 4.78 is 9.49. The van der Waals surface area contributed by atoms with E-state index in [0.717, 1.165) is 0 Å². The van der Waals surface area contributed by atoms with Gasteiger partial charge in [-0.2, -0.15) is 0 Å². The van der Waals surface area contributed by atoms with Crippen LogP contribution in [0.4, 0.5) is 0 Å². The van der Waals surface area contributed by atoms with Crippen LogP contribution in [0.1, 0.15) is 0 Å². The Morgan fingerprint density at radius 2 is 1.33 bits per heavy atom. The van der Waals surface area contributed by atoms with Crippen LogP contribution < -0.4 is 0 Å². The van der Waals surface area contributed by atoms with Crippen molar-refractivity contribution in [2.45, 2.75) is 67.0 Å². The standard InChI is InChI=1S/C12H22O12/c13-1-2-12(22,8(18)6(17)11(21)23-2)9(19)7-4(15)3(14)5(16)10(20)24-7/h2-11,13-22H,1H2/t2-,3+,4-,5-,6-,7+,8-,9?,10+,11+,12-/m1/s1. The zero-order valence-corrected chi connectivity index (χ0v) is 12.3. The molecule has 0 aromatic rings. The first-order chi connectivity index (χ1) is 11.1. The van der Waals surface area contributed by atoms with Crippen molar-refractivity contribution in [3.63, 3.8) is 0 Å². The molecule has 24 heavy (non-hydrogen) atoms. The van der Waals surface area contributed by atoms with Crippen molar-refractivity contribution >= 4 is 0 Å². The third-order valence-corrected chi connectivity index (χ3v) is 4.48. The van der Waals surface area contributed by atoms with Crippen molar-refractivity contribution in [3.8, 4) is 0 Å². The Morgan fingerprint density at radius 1 is 0.792 bits per heavy atom. The highest BCUT2D eigenvalue weighted by Crippen LogP contribution is 2.36. The summed E-state index contributed by atoms with van der Waals surface area (Å²) in [4.78, 5) is 0. The van der Waals surface area contributed by atoms with Crippen LogP contribution in [0.25, 0.3) is 0 Å². The van der Waals surface area contributed by atoms with E-state index in [4.69, 9.17) is 9.47 Å². The van der Waals surface area contributed by atoms with E-state index < -0.39 is 73.6 Å². The van der Waals surface area contributed by atoms with Gasteiger partial charge in [0, 0.05) is 0 Å². The number of aliphatic hydroxyl groups excluding tert-OH is 9. The third-order valence-electron chi connectivity index (χ3n) is 4.48. The van der Waals surface area contributed by atoms with Crippen LogP contribution in [0.5, 0.6) is 0 Å². The van der Waals surface area contributed by atoms with Crippen molar-refractivity contribution in [1.29, 1.82) is 0 Å². The van der Waals surface area contributed by atoms with Gasteiger partial charge in [-0.05, 0) is 0 Å². The Balaban J connectivity index is 2.32. The monoisotopic (exact) mass is 358 g/mol. The van der Waals surface area contributed by atoms with E-state index >= 15 is 0 Å². The summed E-state index contributed by atoms with van der Waals surface area (Å²) in [6, 6.07) is 0. The Morgan fingerprint density at radius 3 is 1.88 bits per heavy atom. The van der Waals surface area contributed by atoms with E-state index in [1.807, 2.05) is 0 Å². The SMILES string of the molecule is OC[C@H]1O[C@H](O)[C@H](O)[C@@H](O)[C@@]1(O)C(O)[C@H]1O[C@H](O)[C@H](O)[C@@H](O)[C@H]1O. The lowest BCUT2D eigenvalue weighted by Gasteiger charge is -2.52.